The van der Waals surface area contributed by atoms with E-state index in [0.29, 0.717) is 4.99 Å². The summed E-state index contributed by atoms with van der Waals surface area (Å²) in [6.45, 7) is 2.06. The Morgan fingerprint density at radius 3 is 2.53 bits per heavy atom. The van der Waals surface area contributed by atoms with Crippen molar-refractivity contribution in [3.8, 4) is 5.75 Å². The molecule has 1 heterocycles. The molecule has 0 amide bonds. The van der Waals surface area contributed by atoms with Gasteiger partial charge in [0.15, 0.2) is 0 Å². The molecule has 2 N–H and O–H groups in total. The average Bonchev–Trinajstić information content (AvgIpc) is 2.83. The van der Waals surface area contributed by atoms with Crippen molar-refractivity contribution in [2.45, 2.75) is 19.8 Å². The zero-order chi connectivity index (χ0) is 13.8. The molecule has 3 nitrogen and oxygen atoms in total. The molecule has 0 aliphatic carbocycles. The third-order valence-corrected chi connectivity index (χ3v) is 4.28. The first-order valence-corrected chi connectivity index (χ1v) is 7.27. The van der Waals surface area contributed by atoms with E-state index in [9.17, 15) is 0 Å². The Morgan fingerprint density at radius 2 is 2.05 bits per heavy atom. The molecule has 0 fully saturated rings. The maximum atomic E-state index is 5.72. The van der Waals surface area contributed by atoms with Crippen molar-refractivity contribution < 1.29 is 4.74 Å². The highest BCUT2D eigenvalue weighted by molar-refractivity contribution is 7.81. The van der Waals surface area contributed by atoms with E-state index in [1.54, 1.807) is 18.4 Å². The normalized spacial score (nSPS) is 10.4. The zero-order valence-corrected chi connectivity index (χ0v) is 12.6. The minimum atomic E-state index is 0.440. The summed E-state index contributed by atoms with van der Waals surface area (Å²) < 4.78 is 5.14. The highest BCUT2D eigenvalue weighted by atomic mass is 32.1. The van der Waals surface area contributed by atoms with Crippen molar-refractivity contribution in [1.82, 2.24) is 4.98 Å². The highest BCUT2D eigenvalue weighted by Gasteiger charge is 2.12. The molecule has 100 valence electrons. The number of rotatable bonds is 5. The molecule has 0 bridgehead atoms. The van der Waals surface area contributed by atoms with Gasteiger partial charge < -0.3 is 10.5 Å². The van der Waals surface area contributed by atoms with Gasteiger partial charge in [0.05, 0.1) is 22.7 Å². The van der Waals surface area contributed by atoms with Crippen LogP contribution in [0.25, 0.3) is 0 Å². The molecule has 0 spiro atoms. The first-order chi connectivity index (χ1) is 9.13. The molecule has 2 aromatic rings. The fraction of sp³-hybridized carbons (Fsp3) is 0.286. The predicted octanol–water partition coefficient (Wildman–Crippen LogP) is 2.94. The molecule has 0 unspecified atom stereocenters. The Bertz CT molecular complexity index is 576. The molecule has 0 saturated heterocycles. The summed E-state index contributed by atoms with van der Waals surface area (Å²) in [5.74, 6) is 0.862. The van der Waals surface area contributed by atoms with Gasteiger partial charge in [0, 0.05) is 6.42 Å². The van der Waals surface area contributed by atoms with Crippen molar-refractivity contribution in [3.05, 3.63) is 45.4 Å². The van der Waals surface area contributed by atoms with Crippen molar-refractivity contribution >= 4 is 28.5 Å². The van der Waals surface area contributed by atoms with Gasteiger partial charge in [-0.1, -0.05) is 31.3 Å². The standard InChI is InChI=1S/C14H16N2OS2/c1-3-11-13(14(15)18)19-12(16-11)8-9-4-6-10(17-2)7-5-9/h4-7H,3,8H2,1-2H3,(H2,15,18). The van der Waals surface area contributed by atoms with Gasteiger partial charge in [-0.3, -0.25) is 0 Å². The number of aromatic nitrogens is 1. The molecule has 1 aromatic heterocycles. The summed E-state index contributed by atoms with van der Waals surface area (Å²) in [4.78, 5) is 5.99. The van der Waals surface area contributed by atoms with Gasteiger partial charge in [-0.15, -0.1) is 11.3 Å². The van der Waals surface area contributed by atoms with Crippen LogP contribution in [0, 0.1) is 0 Å². The third-order valence-electron chi connectivity index (χ3n) is 2.81. The van der Waals surface area contributed by atoms with E-state index in [2.05, 4.69) is 11.9 Å². The van der Waals surface area contributed by atoms with Gasteiger partial charge in [-0.2, -0.15) is 0 Å². The van der Waals surface area contributed by atoms with Crippen LogP contribution in [-0.2, 0) is 12.8 Å². The lowest BCUT2D eigenvalue weighted by molar-refractivity contribution is 0.414. The zero-order valence-electron chi connectivity index (χ0n) is 11.0. The number of benzene rings is 1. The summed E-state index contributed by atoms with van der Waals surface area (Å²) in [7, 11) is 1.66. The molecule has 5 heteroatoms. The molecular weight excluding hydrogens is 276 g/mol. The number of nitrogens with zero attached hydrogens (tertiary/aromatic N) is 1. The number of thiazole rings is 1. The first-order valence-electron chi connectivity index (χ1n) is 6.05. The molecular formula is C14H16N2OS2. The maximum Gasteiger partial charge on any atom is 0.118 e. The minimum Gasteiger partial charge on any atom is -0.497 e. The molecule has 0 saturated carbocycles. The van der Waals surface area contributed by atoms with Crippen LogP contribution in [0.4, 0.5) is 0 Å². The lowest BCUT2D eigenvalue weighted by atomic mass is 10.1. The van der Waals surface area contributed by atoms with Crippen molar-refractivity contribution in [2.24, 2.45) is 5.73 Å². The van der Waals surface area contributed by atoms with Crippen LogP contribution in [0.1, 0.15) is 28.1 Å². The fourth-order valence-electron chi connectivity index (χ4n) is 1.83. The third kappa shape index (κ3) is 3.30. The smallest absolute Gasteiger partial charge is 0.118 e. The predicted molar refractivity (Wildman–Crippen MR) is 83.2 cm³/mol. The van der Waals surface area contributed by atoms with Crippen LogP contribution >= 0.6 is 23.6 Å². The Kier molecular flexibility index (Phi) is 4.50. The molecule has 0 atom stereocenters. The number of thiocarbonyl (C=S) groups is 1. The minimum absolute atomic E-state index is 0.440. The van der Waals surface area contributed by atoms with Gasteiger partial charge in [-0.25, -0.2) is 4.98 Å². The highest BCUT2D eigenvalue weighted by Crippen LogP contribution is 2.22. The van der Waals surface area contributed by atoms with Gasteiger partial charge in [-0.05, 0) is 24.1 Å². The molecule has 0 aliphatic heterocycles. The monoisotopic (exact) mass is 292 g/mol. The van der Waals surface area contributed by atoms with Crippen LogP contribution in [-0.4, -0.2) is 17.1 Å². The van der Waals surface area contributed by atoms with Crippen molar-refractivity contribution in [3.63, 3.8) is 0 Å². The van der Waals surface area contributed by atoms with Gasteiger partial charge in [0.1, 0.15) is 10.7 Å². The molecule has 0 aliphatic rings. The van der Waals surface area contributed by atoms with Gasteiger partial charge in [0.2, 0.25) is 0 Å². The topological polar surface area (TPSA) is 48.1 Å². The quantitative estimate of drug-likeness (QED) is 0.861. The summed E-state index contributed by atoms with van der Waals surface area (Å²) >= 11 is 6.65. The first kappa shape index (κ1) is 14.0. The second kappa shape index (κ2) is 6.12. The van der Waals surface area contributed by atoms with E-state index in [0.717, 1.165) is 34.2 Å². The van der Waals surface area contributed by atoms with E-state index in [1.807, 2.05) is 24.3 Å². The number of nitrogens with two attached hydrogens (primary N) is 1. The summed E-state index contributed by atoms with van der Waals surface area (Å²) in [6, 6.07) is 8.01. The van der Waals surface area contributed by atoms with E-state index in [1.165, 1.54) is 5.56 Å². The summed E-state index contributed by atoms with van der Waals surface area (Å²) in [5, 5.41) is 1.05. The van der Waals surface area contributed by atoms with E-state index >= 15 is 0 Å². The molecule has 1 aromatic carbocycles. The van der Waals surface area contributed by atoms with E-state index in [-0.39, 0.29) is 0 Å². The van der Waals surface area contributed by atoms with Crippen molar-refractivity contribution in [1.29, 1.82) is 0 Å². The van der Waals surface area contributed by atoms with Gasteiger partial charge >= 0.3 is 0 Å². The second-order valence-corrected chi connectivity index (χ2v) is 5.65. The second-order valence-electron chi connectivity index (χ2n) is 4.13. The Labute approximate surface area is 122 Å². The van der Waals surface area contributed by atoms with Crippen LogP contribution < -0.4 is 10.5 Å². The summed E-state index contributed by atoms with van der Waals surface area (Å²) in [6.07, 6.45) is 1.65. The lowest BCUT2D eigenvalue weighted by Gasteiger charge is -2.01. The molecule has 0 radical (unpaired) electrons. The Hall–Kier alpha value is -1.46. The maximum absolute atomic E-state index is 5.72. The van der Waals surface area contributed by atoms with E-state index in [4.69, 9.17) is 22.7 Å². The SMILES string of the molecule is CCc1nc(Cc2ccc(OC)cc2)sc1C(N)=S. The Morgan fingerprint density at radius 1 is 1.37 bits per heavy atom. The van der Waals surface area contributed by atoms with E-state index < -0.39 is 0 Å². The Balaban J connectivity index is 2.20. The number of aryl methyl sites for hydroxylation is 1. The lowest BCUT2D eigenvalue weighted by Crippen LogP contribution is -2.09. The number of hydrogen-bond acceptors (Lipinski definition) is 4. The molecule has 2 rings (SSSR count). The number of methoxy groups -OCH3 is 1. The van der Waals surface area contributed by atoms with Crippen molar-refractivity contribution in [2.75, 3.05) is 7.11 Å². The fourth-order valence-corrected chi connectivity index (χ4v) is 3.11. The van der Waals surface area contributed by atoms with Crippen LogP contribution in [0.3, 0.4) is 0 Å². The molecule has 19 heavy (non-hydrogen) atoms. The summed E-state index contributed by atoms with van der Waals surface area (Å²) in [5.41, 5.74) is 7.92. The van der Waals surface area contributed by atoms with Gasteiger partial charge in [0.25, 0.3) is 0 Å². The number of hydrogen-bond donors (Lipinski definition) is 1. The number of ether oxygens (including phenoxy) is 1. The van der Waals surface area contributed by atoms with Crippen LogP contribution in [0.2, 0.25) is 0 Å². The average molecular weight is 292 g/mol. The van der Waals surface area contributed by atoms with Crippen LogP contribution in [0.5, 0.6) is 5.75 Å². The largest absolute Gasteiger partial charge is 0.497 e. The van der Waals surface area contributed by atoms with Crippen LogP contribution in [0.15, 0.2) is 24.3 Å².